The van der Waals surface area contributed by atoms with Crippen molar-refractivity contribution in [1.82, 2.24) is 0 Å². The molecule has 3 nitrogen and oxygen atoms in total. The Balaban J connectivity index is 2.85. The number of ether oxygens (including phenoxy) is 2. The molecule has 10 heteroatoms. The maximum Gasteiger partial charge on any atom is 0.525 e. The highest BCUT2D eigenvalue weighted by Crippen LogP contribution is 2.35. The molecule has 1 unspecified atom stereocenters. The van der Waals surface area contributed by atoms with E-state index < -0.39 is 24.6 Å². The summed E-state index contributed by atoms with van der Waals surface area (Å²) in [6, 6.07) is 3.33. The monoisotopic (exact) mass is 323 g/mol. The number of nitrogens with two attached hydrogens (primary N) is 1. The highest BCUT2D eigenvalue weighted by molar-refractivity contribution is 6.32. The van der Waals surface area contributed by atoms with E-state index in [1.807, 2.05) is 0 Å². The third-order valence-corrected chi connectivity index (χ3v) is 2.27. The Morgan fingerprint density at radius 2 is 1.80 bits per heavy atom. The van der Waals surface area contributed by atoms with E-state index in [0.29, 0.717) is 5.56 Å². The van der Waals surface area contributed by atoms with Crippen molar-refractivity contribution in [2.75, 3.05) is 0 Å². The van der Waals surface area contributed by atoms with Crippen LogP contribution in [0.1, 0.15) is 5.56 Å². The van der Waals surface area contributed by atoms with Crippen LogP contribution in [0.3, 0.4) is 0 Å². The number of hydrogen-bond donors (Lipinski definition) is 1. The van der Waals surface area contributed by atoms with Crippen molar-refractivity contribution < 1.29 is 35.8 Å². The number of alkyl halides is 6. The molecule has 1 atom stereocenters. The van der Waals surface area contributed by atoms with Gasteiger partial charge in [-0.3, -0.25) is 0 Å². The second-order valence-corrected chi connectivity index (χ2v) is 3.92. The van der Waals surface area contributed by atoms with Gasteiger partial charge in [0.05, 0.1) is 5.02 Å². The van der Waals surface area contributed by atoms with Gasteiger partial charge in [-0.15, -0.1) is 13.2 Å². The summed E-state index contributed by atoms with van der Waals surface area (Å²) < 4.78 is 80.3. The van der Waals surface area contributed by atoms with Crippen LogP contribution in [-0.2, 0) is 11.3 Å². The first-order valence-corrected chi connectivity index (χ1v) is 5.37. The molecule has 1 aromatic carbocycles. The van der Waals surface area contributed by atoms with E-state index in [1.54, 1.807) is 0 Å². The summed E-state index contributed by atoms with van der Waals surface area (Å²) in [4.78, 5) is 0. The van der Waals surface area contributed by atoms with Crippen LogP contribution in [0.5, 0.6) is 5.75 Å². The zero-order chi connectivity index (χ0) is 15.6. The number of benzene rings is 1. The van der Waals surface area contributed by atoms with E-state index in [0.717, 1.165) is 12.1 Å². The lowest BCUT2D eigenvalue weighted by molar-refractivity contribution is -0.411. The van der Waals surface area contributed by atoms with Crippen LogP contribution >= 0.6 is 11.6 Å². The van der Waals surface area contributed by atoms with Gasteiger partial charge in [-0.2, -0.15) is 8.78 Å². The Bertz CT molecular complexity index is 468. The molecule has 1 aromatic rings. The molecule has 0 aliphatic rings. The highest BCUT2D eigenvalue weighted by atomic mass is 35.5. The molecular weight excluding hydrogens is 316 g/mol. The largest absolute Gasteiger partial charge is 0.525 e. The van der Waals surface area contributed by atoms with Crippen molar-refractivity contribution in [3.63, 3.8) is 0 Å². The van der Waals surface area contributed by atoms with Gasteiger partial charge in [-0.25, -0.2) is 9.13 Å². The molecule has 0 fully saturated rings. The van der Waals surface area contributed by atoms with Gasteiger partial charge in [0, 0.05) is 6.54 Å². The number of rotatable bonds is 5. The normalized spacial score (nSPS) is 14.2. The van der Waals surface area contributed by atoms with Crippen LogP contribution < -0.4 is 10.5 Å². The fourth-order valence-corrected chi connectivity index (χ4v) is 1.37. The molecule has 0 saturated carbocycles. The average Bonchev–Trinajstić information content (AvgIpc) is 2.29. The molecule has 0 heterocycles. The molecule has 0 bridgehead atoms. The molecule has 0 aliphatic heterocycles. The highest BCUT2D eigenvalue weighted by Gasteiger charge is 2.50. The first-order chi connectivity index (χ1) is 9.05. The minimum absolute atomic E-state index is 0.0549. The molecule has 0 aliphatic carbocycles. The van der Waals surface area contributed by atoms with Gasteiger partial charge >= 0.3 is 18.8 Å². The minimum Gasteiger partial charge on any atom is -0.427 e. The summed E-state index contributed by atoms with van der Waals surface area (Å²) in [5.74, 6) is -0.706. The zero-order valence-electron chi connectivity index (χ0n) is 9.56. The summed E-state index contributed by atoms with van der Waals surface area (Å²) in [5, 5.41) is -0.355. The molecule has 0 saturated heterocycles. The van der Waals surface area contributed by atoms with Crippen LogP contribution in [0.4, 0.5) is 26.3 Å². The van der Waals surface area contributed by atoms with Gasteiger partial charge in [0.25, 0.3) is 0 Å². The topological polar surface area (TPSA) is 44.5 Å². The SMILES string of the molecule is NCc1ccc(OC(F)(F)C(F)OC(F)(F)F)c(Cl)c1. The molecule has 0 radical (unpaired) electrons. The van der Waals surface area contributed by atoms with Crippen molar-refractivity contribution in [1.29, 1.82) is 0 Å². The predicted octanol–water partition coefficient (Wildman–Crippen LogP) is 3.60. The second kappa shape index (κ2) is 6.06. The van der Waals surface area contributed by atoms with Gasteiger partial charge in [-0.1, -0.05) is 17.7 Å². The van der Waals surface area contributed by atoms with Gasteiger partial charge in [0.1, 0.15) is 5.75 Å². The lowest BCUT2D eigenvalue weighted by Crippen LogP contribution is -2.41. The third-order valence-electron chi connectivity index (χ3n) is 1.98. The number of hydrogen-bond acceptors (Lipinski definition) is 3. The molecule has 0 amide bonds. The molecule has 20 heavy (non-hydrogen) atoms. The van der Waals surface area contributed by atoms with Crippen LogP contribution in [0.25, 0.3) is 0 Å². The van der Waals surface area contributed by atoms with Crippen molar-refractivity contribution >= 4 is 11.6 Å². The summed E-state index contributed by atoms with van der Waals surface area (Å²) in [6.07, 6.45) is -14.5. The predicted molar refractivity (Wildman–Crippen MR) is 57.0 cm³/mol. The van der Waals surface area contributed by atoms with Crippen LogP contribution in [-0.4, -0.2) is 18.8 Å². The van der Waals surface area contributed by atoms with Gasteiger partial charge in [0.15, 0.2) is 0 Å². The van der Waals surface area contributed by atoms with Gasteiger partial charge in [-0.05, 0) is 17.7 Å². The Labute approximate surface area is 114 Å². The quantitative estimate of drug-likeness (QED) is 0.842. The van der Waals surface area contributed by atoms with E-state index in [4.69, 9.17) is 17.3 Å². The fourth-order valence-electron chi connectivity index (χ4n) is 1.13. The van der Waals surface area contributed by atoms with Gasteiger partial charge in [0.2, 0.25) is 0 Å². The summed E-state index contributed by atoms with van der Waals surface area (Å²) >= 11 is 5.55. The lowest BCUT2D eigenvalue weighted by atomic mass is 10.2. The molecule has 114 valence electrons. The maximum atomic E-state index is 13.1. The Kier molecular flexibility index (Phi) is 5.11. The first-order valence-electron chi connectivity index (χ1n) is 4.99. The molecule has 2 N–H and O–H groups in total. The molecule has 0 spiro atoms. The van der Waals surface area contributed by atoms with E-state index >= 15 is 0 Å². The van der Waals surface area contributed by atoms with E-state index in [9.17, 15) is 26.3 Å². The second-order valence-electron chi connectivity index (χ2n) is 3.51. The lowest BCUT2D eigenvalue weighted by Gasteiger charge is -2.22. The van der Waals surface area contributed by atoms with E-state index in [1.165, 1.54) is 6.07 Å². The van der Waals surface area contributed by atoms with Crippen molar-refractivity contribution in [2.24, 2.45) is 5.73 Å². The summed E-state index contributed by atoms with van der Waals surface area (Å²) in [6.45, 7) is 0.0549. The van der Waals surface area contributed by atoms with Crippen molar-refractivity contribution in [3.05, 3.63) is 28.8 Å². The van der Waals surface area contributed by atoms with Crippen molar-refractivity contribution in [2.45, 2.75) is 25.4 Å². The maximum absolute atomic E-state index is 13.1. The van der Waals surface area contributed by atoms with Crippen LogP contribution in [0, 0.1) is 0 Å². The van der Waals surface area contributed by atoms with Crippen LogP contribution in [0.2, 0.25) is 5.02 Å². The molecular formula is C10H8ClF6NO2. The number of halogens is 7. The van der Waals surface area contributed by atoms with E-state index in [2.05, 4.69) is 9.47 Å². The Hall–Kier alpha value is -1.19. The third kappa shape index (κ3) is 4.73. The standard InChI is InChI=1S/C10H8ClF6NO2/c11-6-3-5(4-18)1-2-7(6)19-9(13,14)8(12)20-10(15,16)17/h1-3,8H,4,18H2. The Morgan fingerprint density at radius 1 is 1.20 bits per heavy atom. The zero-order valence-corrected chi connectivity index (χ0v) is 10.3. The summed E-state index contributed by atoms with van der Waals surface area (Å²) in [7, 11) is 0. The average molecular weight is 324 g/mol. The summed E-state index contributed by atoms with van der Waals surface area (Å²) in [5.41, 5.74) is 5.73. The minimum atomic E-state index is -5.57. The van der Waals surface area contributed by atoms with E-state index in [-0.39, 0.29) is 11.6 Å². The smallest absolute Gasteiger partial charge is 0.427 e. The first kappa shape index (κ1) is 16.9. The fraction of sp³-hybridized carbons (Fsp3) is 0.400. The molecule has 1 rings (SSSR count). The van der Waals surface area contributed by atoms with Gasteiger partial charge < -0.3 is 10.5 Å². The van der Waals surface area contributed by atoms with Crippen molar-refractivity contribution in [3.8, 4) is 5.75 Å². The van der Waals surface area contributed by atoms with Crippen LogP contribution in [0.15, 0.2) is 18.2 Å². The Morgan fingerprint density at radius 3 is 2.25 bits per heavy atom. The molecule has 0 aromatic heterocycles.